The average molecular weight is 338 g/mol. The van der Waals surface area contributed by atoms with Crippen molar-refractivity contribution in [2.24, 2.45) is 0 Å². The summed E-state index contributed by atoms with van der Waals surface area (Å²) >= 11 is 0. The zero-order chi connectivity index (χ0) is 17.4. The number of ether oxygens (including phenoxy) is 1. The highest BCUT2D eigenvalue weighted by molar-refractivity contribution is 7.89. The van der Waals surface area contributed by atoms with E-state index in [0.717, 1.165) is 22.4 Å². The van der Waals surface area contributed by atoms with Crippen molar-refractivity contribution in [3.63, 3.8) is 0 Å². The van der Waals surface area contributed by atoms with E-state index in [1.165, 1.54) is 4.31 Å². The monoisotopic (exact) mass is 338 g/mol. The van der Waals surface area contributed by atoms with Gasteiger partial charge in [-0.25, -0.2) is 8.42 Å². The van der Waals surface area contributed by atoms with Crippen LogP contribution in [0.2, 0.25) is 0 Å². The largest absolute Gasteiger partial charge is 0.496 e. The molecule has 0 N–H and O–H groups in total. The smallest absolute Gasteiger partial charge is 0.248 e. The minimum Gasteiger partial charge on any atom is -0.496 e. The number of hydrogen-bond donors (Lipinski definition) is 0. The second-order valence-corrected chi connectivity index (χ2v) is 7.66. The zero-order valence-corrected chi connectivity index (χ0v) is 15.1. The van der Waals surface area contributed by atoms with Crippen LogP contribution >= 0.6 is 0 Å². The van der Waals surface area contributed by atoms with E-state index in [1.54, 1.807) is 28.0 Å². The Balaban J connectivity index is 2.34. The quantitative estimate of drug-likeness (QED) is 0.838. The first-order valence-corrected chi connectivity index (χ1v) is 8.65. The summed E-state index contributed by atoms with van der Waals surface area (Å²) in [6.45, 7) is 7.37. The van der Waals surface area contributed by atoms with Gasteiger partial charge in [-0.15, -0.1) is 0 Å². The van der Waals surface area contributed by atoms with Gasteiger partial charge in [-0.2, -0.15) is 4.31 Å². The van der Waals surface area contributed by atoms with Gasteiger partial charge in [0.15, 0.2) is 5.76 Å². The zero-order valence-electron chi connectivity index (χ0n) is 14.3. The summed E-state index contributed by atoms with van der Waals surface area (Å²) in [7, 11) is -0.471. The van der Waals surface area contributed by atoms with E-state index in [9.17, 15) is 8.42 Å². The topological polar surface area (TPSA) is 72.6 Å². The summed E-state index contributed by atoms with van der Waals surface area (Å²) in [4.78, 5) is 0.141. The predicted octanol–water partition coefficient (Wildman–Crippen LogP) is 2.74. The van der Waals surface area contributed by atoms with Gasteiger partial charge >= 0.3 is 0 Å². The van der Waals surface area contributed by atoms with Crippen LogP contribution in [0.15, 0.2) is 21.6 Å². The van der Waals surface area contributed by atoms with E-state index in [1.807, 2.05) is 26.0 Å². The molecule has 0 saturated heterocycles. The Bertz CT molecular complexity index is 782. The highest BCUT2D eigenvalue weighted by Gasteiger charge is 2.28. The van der Waals surface area contributed by atoms with Crippen molar-refractivity contribution >= 4 is 10.0 Å². The van der Waals surface area contributed by atoms with Crippen LogP contribution in [0.4, 0.5) is 0 Å². The number of sulfonamides is 1. The molecule has 0 aliphatic rings. The van der Waals surface area contributed by atoms with Gasteiger partial charge in [-0.3, -0.25) is 0 Å². The molecule has 0 aliphatic heterocycles. The van der Waals surface area contributed by atoms with Crippen molar-refractivity contribution in [3.05, 3.63) is 40.3 Å². The maximum Gasteiger partial charge on any atom is 0.248 e. The summed E-state index contributed by atoms with van der Waals surface area (Å²) in [6.07, 6.45) is 0. The fourth-order valence-electron chi connectivity index (χ4n) is 2.79. The molecule has 7 heteroatoms. The van der Waals surface area contributed by atoms with Gasteiger partial charge in [0, 0.05) is 13.6 Å². The van der Waals surface area contributed by atoms with Crippen LogP contribution in [0.25, 0.3) is 0 Å². The molecule has 0 amide bonds. The molecule has 1 aromatic heterocycles. The van der Waals surface area contributed by atoms with Gasteiger partial charge in [0.05, 0.1) is 7.11 Å². The summed E-state index contributed by atoms with van der Waals surface area (Å²) in [5, 5.41) is 3.73. The lowest BCUT2D eigenvalue weighted by molar-refractivity contribution is 0.389. The van der Waals surface area contributed by atoms with Crippen molar-refractivity contribution in [2.75, 3.05) is 14.2 Å². The van der Waals surface area contributed by atoms with E-state index in [-0.39, 0.29) is 11.4 Å². The third-order valence-electron chi connectivity index (χ3n) is 3.77. The van der Waals surface area contributed by atoms with Gasteiger partial charge < -0.3 is 9.26 Å². The molecule has 0 atom stereocenters. The van der Waals surface area contributed by atoms with Crippen LogP contribution < -0.4 is 4.74 Å². The molecule has 0 saturated carbocycles. The minimum absolute atomic E-state index is 0.141. The second-order valence-electron chi connectivity index (χ2n) is 5.68. The van der Waals surface area contributed by atoms with Gasteiger partial charge in [0.2, 0.25) is 10.0 Å². The van der Waals surface area contributed by atoms with Gasteiger partial charge in [-0.1, -0.05) is 17.3 Å². The lowest BCUT2D eigenvalue weighted by Crippen LogP contribution is -2.27. The number of benzene rings is 1. The Morgan fingerprint density at radius 1 is 1.17 bits per heavy atom. The molecule has 126 valence electrons. The number of methoxy groups -OCH3 is 1. The predicted molar refractivity (Wildman–Crippen MR) is 87.1 cm³/mol. The molecular formula is C16H22N2O4S. The Kier molecular flexibility index (Phi) is 4.81. The summed E-state index contributed by atoms with van der Waals surface area (Å²) in [6, 6.07) is 3.87. The summed E-state index contributed by atoms with van der Waals surface area (Å²) in [5.74, 6) is 1.13. The molecule has 1 heterocycles. The normalized spacial score (nSPS) is 12.0. The van der Waals surface area contributed by atoms with Crippen LogP contribution in [0, 0.1) is 27.7 Å². The Morgan fingerprint density at radius 3 is 2.17 bits per heavy atom. The van der Waals surface area contributed by atoms with Crippen molar-refractivity contribution < 1.29 is 17.7 Å². The third-order valence-corrected chi connectivity index (χ3v) is 5.81. The lowest BCUT2D eigenvalue weighted by atomic mass is 10.1. The highest BCUT2D eigenvalue weighted by atomic mass is 32.2. The first-order chi connectivity index (χ1) is 10.7. The first kappa shape index (κ1) is 17.5. The van der Waals surface area contributed by atoms with Crippen molar-refractivity contribution in [2.45, 2.75) is 39.1 Å². The fourth-order valence-corrected chi connectivity index (χ4v) is 4.24. The van der Waals surface area contributed by atoms with Crippen LogP contribution in [0.5, 0.6) is 5.75 Å². The van der Waals surface area contributed by atoms with Crippen molar-refractivity contribution in [3.8, 4) is 5.75 Å². The van der Waals surface area contributed by atoms with Crippen LogP contribution in [0.1, 0.15) is 28.1 Å². The molecule has 0 unspecified atom stereocenters. The van der Waals surface area contributed by atoms with Crippen LogP contribution in [0.3, 0.4) is 0 Å². The van der Waals surface area contributed by atoms with Gasteiger partial charge in [-0.05, 0) is 44.4 Å². The number of aromatic nitrogens is 1. The number of rotatable bonds is 5. The SMILES string of the molecule is COc1c(C)cc(CN(C)S(=O)(=O)c2c(C)noc2C)cc1C. The van der Waals surface area contributed by atoms with E-state index in [2.05, 4.69) is 5.16 Å². The molecule has 0 aliphatic carbocycles. The van der Waals surface area contributed by atoms with Crippen molar-refractivity contribution in [1.29, 1.82) is 0 Å². The molecule has 0 bridgehead atoms. The molecule has 0 spiro atoms. The number of aryl methyl sites for hydroxylation is 4. The lowest BCUT2D eigenvalue weighted by Gasteiger charge is -2.18. The first-order valence-electron chi connectivity index (χ1n) is 7.21. The number of hydrogen-bond acceptors (Lipinski definition) is 5. The molecule has 23 heavy (non-hydrogen) atoms. The minimum atomic E-state index is -3.65. The van der Waals surface area contributed by atoms with Crippen LogP contribution in [-0.2, 0) is 16.6 Å². The maximum atomic E-state index is 12.7. The van der Waals surface area contributed by atoms with E-state index >= 15 is 0 Å². The average Bonchev–Trinajstić information content (AvgIpc) is 2.78. The Morgan fingerprint density at radius 2 is 1.74 bits per heavy atom. The van der Waals surface area contributed by atoms with E-state index < -0.39 is 10.0 Å². The van der Waals surface area contributed by atoms with E-state index in [4.69, 9.17) is 9.26 Å². The van der Waals surface area contributed by atoms with Crippen molar-refractivity contribution in [1.82, 2.24) is 9.46 Å². The molecule has 2 rings (SSSR count). The molecule has 1 aromatic carbocycles. The second kappa shape index (κ2) is 6.33. The summed E-state index contributed by atoms with van der Waals surface area (Å²) < 4.78 is 37.1. The highest BCUT2D eigenvalue weighted by Crippen LogP contribution is 2.27. The Hall–Kier alpha value is -1.86. The third kappa shape index (κ3) is 3.25. The molecule has 6 nitrogen and oxygen atoms in total. The molecule has 0 radical (unpaired) electrons. The Labute approximate surface area is 137 Å². The molecular weight excluding hydrogens is 316 g/mol. The standard InChI is InChI=1S/C16H22N2O4S/c1-10-7-14(8-11(2)15(10)21-6)9-18(5)23(19,20)16-12(3)17-22-13(16)4/h7-8H,9H2,1-6H3. The van der Waals surface area contributed by atoms with Gasteiger partial charge in [0.1, 0.15) is 16.3 Å². The van der Waals surface area contributed by atoms with Gasteiger partial charge in [0.25, 0.3) is 0 Å². The van der Waals surface area contributed by atoms with E-state index in [0.29, 0.717) is 11.5 Å². The van der Waals surface area contributed by atoms with Crippen LogP contribution in [-0.4, -0.2) is 32.0 Å². The molecule has 2 aromatic rings. The number of nitrogens with zero attached hydrogens (tertiary/aromatic N) is 2. The maximum absolute atomic E-state index is 12.7. The fraction of sp³-hybridized carbons (Fsp3) is 0.438. The summed E-state index contributed by atoms with van der Waals surface area (Å²) in [5.41, 5.74) is 3.23. The molecule has 0 fully saturated rings.